The van der Waals surface area contributed by atoms with Crippen molar-refractivity contribution in [3.05, 3.63) is 88.8 Å². The Balaban J connectivity index is 1.42. The van der Waals surface area contributed by atoms with E-state index in [0.29, 0.717) is 30.4 Å². The molecule has 1 aliphatic heterocycles. The van der Waals surface area contributed by atoms with Crippen LogP contribution in [-0.2, 0) is 11.3 Å². The van der Waals surface area contributed by atoms with Gasteiger partial charge in [-0.3, -0.25) is 9.59 Å². The van der Waals surface area contributed by atoms with E-state index in [2.05, 4.69) is 4.90 Å². The minimum atomic E-state index is -0.249. The first-order valence-corrected chi connectivity index (χ1v) is 10.9. The summed E-state index contributed by atoms with van der Waals surface area (Å²) in [7, 11) is 0. The Morgan fingerprint density at radius 3 is 2.06 bits per heavy atom. The standard InChI is InChI=1S/C26H24FN3O2/c27-19-10-12-20(13-11-19)28-14-5-15-29(17-16-28)25(31)18-30-23-8-3-1-6-21(23)26(32)22-7-2-4-9-24(22)30/h1-4,6-13H,5,14-18H2. The van der Waals surface area contributed by atoms with Crippen LogP contribution in [-0.4, -0.2) is 41.6 Å². The van der Waals surface area contributed by atoms with Crippen LogP contribution in [0, 0.1) is 5.82 Å². The molecule has 0 aliphatic carbocycles. The van der Waals surface area contributed by atoms with E-state index in [0.717, 1.165) is 29.7 Å². The third kappa shape index (κ3) is 3.73. The van der Waals surface area contributed by atoms with Gasteiger partial charge in [0.25, 0.3) is 0 Å². The van der Waals surface area contributed by atoms with Gasteiger partial charge < -0.3 is 14.4 Å². The number of rotatable bonds is 3. The summed E-state index contributed by atoms with van der Waals surface area (Å²) in [6.07, 6.45) is 0.842. The van der Waals surface area contributed by atoms with E-state index in [-0.39, 0.29) is 23.7 Å². The van der Waals surface area contributed by atoms with Crippen molar-refractivity contribution in [1.29, 1.82) is 0 Å². The SMILES string of the molecule is O=C(Cn1c2ccccc2c(=O)c2ccccc21)N1CCCN(c2ccc(F)cc2)CC1. The number of nitrogens with zero attached hydrogens (tertiary/aromatic N) is 3. The number of carbonyl (C=O) groups excluding carboxylic acids is 1. The molecule has 0 bridgehead atoms. The van der Waals surface area contributed by atoms with Crippen molar-refractivity contribution in [3.8, 4) is 0 Å². The highest BCUT2D eigenvalue weighted by molar-refractivity contribution is 5.94. The third-order valence-corrected chi connectivity index (χ3v) is 6.21. The van der Waals surface area contributed by atoms with Crippen molar-refractivity contribution in [1.82, 2.24) is 9.47 Å². The van der Waals surface area contributed by atoms with Gasteiger partial charge in [0, 0.05) is 42.6 Å². The quantitative estimate of drug-likeness (QED) is 0.462. The van der Waals surface area contributed by atoms with E-state index in [1.807, 2.05) is 58.0 Å². The van der Waals surface area contributed by atoms with E-state index in [1.165, 1.54) is 12.1 Å². The van der Waals surface area contributed by atoms with Crippen LogP contribution in [0.15, 0.2) is 77.6 Å². The molecule has 1 fully saturated rings. The summed E-state index contributed by atoms with van der Waals surface area (Å²) in [5.74, 6) is -0.217. The zero-order valence-electron chi connectivity index (χ0n) is 17.7. The number of para-hydroxylation sites is 2. The predicted octanol–water partition coefficient (Wildman–Crippen LogP) is 4.03. The number of halogens is 1. The maximum Gasteiger partial charge on any atom is 0.242 e. The fourth-order valence-corrected chi connectivity index (χ4v) is 4.56. The van der Waals surface area contributed by atoms with Gasteiger partial charge in [0.2, 0.25) is 5.91 Å². The highest BCUT2D eigenvalue weighted by atomic mass is 19.1. The van der Waals surface area contributed by atoms with Crippen LogP contribution in [0.5, 0.6) is 0 Å². The summed E-state index contributed by atoms with van der Waals surface area (Å²) >= 11 is 0. The number of carbonyl (C=O) groups is 1. The van der Waals surface area contributed by atoms with Crippen molar-refractivity contribution in [2.24, 2.45) is 0 Å². The smallest absolute Gasteiger partial charge is 0.242 e. The van der Waals surface area contributed by atoms with Crippen LogP contribution < -0.4 is 10.3 Å². The molecule has 0 spiro atoms. The third-order valence-electron chi connectivity index (χ3n) is 6.21. The Bertz CT molecular complexity index is 1290. The van der Waals surface area contributed by atoms with Gasteiger partial charge in [0.15, 0.2) is 5.43 Å². The molecular weight excluding hydrogens is 405 g/mol. The Morgan fingerprint density at radius 1 is 0.781 bits per heavy atom. The minimum Gasteiger partial charge on any atom is -0.370 e. The molecule has 1 aliphatic rings. The van der Waals surface area contributed by atoms with Crippen molar-refractivity contribution >= 4 is 33.4 Å². The van der Waals surface area contributed by atoms with Gasteiger partial charge in [-0.1, -0.05) is 24.3 Å². The second kappa shape index (κ2) is 8.46. The lowest BCUT2D eigenvalue weighted by atomic mass is 10.1. The van der Waals surface area contributed by atoms with Gasteiger partial charge in [0.05, 0.1) is 11.0 Å². The molecule has 0 unspecified atom stereocenters. The number of hydrogen-bond donors (Lipinski definition) is 0. The molecule has 1 aromatic heterocycles. The minimum absolute atomic E-state index is 0.00962. The lowest BCUT2D eigenvalue weighted by molar-refractivity contribution is -0.131. The number of anilines is 1. The van der Waals surface area contributed by atoms with E-state index in [4.69, 9.17) is 0 Å². The monoisotopic (exact) mass is 429 g/mol. The Kier molecular flexibility index (Phi) is 5.35. The van der Waals surface area contributed by atoms with Gasteiger partial charge in [0.1, 0.15) is 12.4 Å². The molecule has 0 atom stereocenters. The van der Waals surface area contributed by atoms with E-state index < -0.39 is 0 Å². The second-order valence-electron chi connectivity index (χ2n) is 8.15. The molecule has 6 heteroatoms. The maximum absolute atomic E-state index is 13.3. The highest BCUT2D eigenvalue weighted by Gasteiger charge is 2.21. The van der Waals surface area contributed by atoms with Crippen LogP contribution in [0.25, 0.3) is 21.8 Å². The van der Waals surface area contributed by atoms with Gasteiger partial charge in [-0.25, -0.2) is 4.39 Å². The second-order valence-corrected chi connectivity index (χ2v) is 8.15. The Morgan fingerprint density at radius 2 is 1.41 bits per heavy atom. The van der Waals surface area contributed by atoms with Crippen LogP contribution in [0.3, 0.4) is 0 Å². The fourth-order valence-electron chi connectivity index (χ4n) is 4.56. The largest absolute Gasteiger partial charge is 0.370 e. The summed E-state index contributed by atoms with van der Waals surface area (Å²) in [4.78, 5) is 30.4. The first-order valence-electron chi connectivity index (χ1n) is 10.9. The highest BCUT2D eigenvalue weighted by Crippen LogP contribution is 2.21. The van der Waals surface area contributed by atoms with E-state index in [9.17, 15) is 14.0 Å². The molecule has 1 amide bonds. The number of fused-ring (bicyclic) bond motifs is 2. The van der Waals surface area contributed by atoms with Crippen molar-refractivity contribution in [2.45, 2.75) is 13.0 Å². The molecule has 3 aromatic carbocycles. The molecule has 32 heavy (non-hydrogen) atoms. The zero-order valence-corrected chi connectivity index (χ0v) is 17.7. The van der Waals surface area contributed by atoms with E-state index >= 15 is 0 Å². The predicted molar refractivity (Wildman–Crippen MR) is 126 cm³/mol. The van der Waals surface area contributed by atoms with Crippen molar-refractivity contribution in [3.63, 3.8) is 0 Å². The molecule has 1 saturated heterocycles. The normalized spacial score (nSPS) is 14.7. The first-order chi connectivity index (χ1) is 15.6. The van der Waals surface area contributed by atoms with Crippen LogP contribution in [0.2, 0.25) is 0 Å². The average molecular weight is 429 g/mol. The number of benzene rings is 3. The van der Waals surface area contributed by atoms with Gasteiger partial charge in [-0.15, -0.1) is 0 Å². The average Bonchev–Trinajstić information content (AvgIpc) is 3.09. The van der Waals surface area contributed by atoms with Crippen molar-refractivity contribution < 1.29 is 9.18 Å². The Labute approximate surface area is 185 Å². The van der Waals surface area contributed by atoms with Gasteiger partial charge in [-0.2, -0.15) is 0 Å². The number of hydrogen-bond acceptors (Lipinski definition) is 3. The van der Waals surface area contributed by atoms with Crippen LogP contribution in [0.4, 0.5) is 10.1 Å². The lowest BCUT2D eigenvalue weighted by Crippen LogP contribution is -2.37. The topological polar surface area (TPSA) is 45.6 Å². The number of pyridine rings is 1. The zero-order chi connectivity index (χ0) is 22.1. The fraction of sp³-hybridized carbons (Fsp3) is 0.231. The summed E-state index contributed by atoms with van der Waals surface area (Å²) in [5.41, 5.74) is 2.50. The number of amides is 1. The summed E-state index contributed by atoms with van der Waals surface area (Å²) in [6, 6.07) is 21.4. The van der Waals surface area contributed by atoms with Gasteiger partial charge >= 0.3 is 0 Å². The lowest BCUT2D eigenvalue weighted by Gasteiger charge is -2.24. The molecule has 4 aromatic rings. The van der Waals surface area contributed by atoms with Gasteiger partial charge in [-0.05, 0) is 55.0 Å². The molecule has 2 heterocycles. The number of aromatic nitrogens is 1. The first kappa shape index (κ1) is 20.2. The molecular formula is C26H24FN3O2. The molecule has 5 rings (SSSR count). The molecule has 0 N–H and O–H groups in total. The summed E-state index contributed by atoms with van der Waals surface area (Å²) in [6.45, 7) is 2.97. The maximum atomic E-state index is 13.3. The molecule has 5 nitrogen and oxygen atoms in total. The molecule has 0 saturated carbocycles. The van der Waals surface area contributed by atoms with Crippen LogP contribution >= 0.6 is 0 Å². The van der Waals surface area contributed by atoms with E-state index in [1.54, 1.807) is 12.1 Å². The summed E-state index contributed by atoms with van der Waals surface area (Å²) < 4.78 is 15.2. The van der Waals surface area contributed by atoms with Crippen LogP contribution in [0.1, 0.15) is 6.42 Å². The molecule has 162 valence electrons. The summed E-state index contributed by atoms with van der Waals surface area (Å²) in [5, 5.41) is 1.25. The van der Waals surface area contributed by atoms with Crippen molar-refractivity contribution in [2.75, 3.05) is 31.1 Å². The Hall–Kier alpha value is -3.67. The molecule has 0 radical (unpaired) electrons.